The Hall–Kier alpha value is -0.280. The first-order valence-electron chi connectivity index (χ1n) is 7.34. The van der Waals surface area contributed by atoms with E-state index in [1.807, 2.05) is 18.2 Å². The zero-order chi connectivity index (χ0) is 14.9. The molecule has 1 aliphatic rings. The Kier molecular flexibility index (Phi) is 5.36. The van der Waals surface area contributed by atoms with E-state index in [9.17, 15) is 0 Å². The van der Waals surface area contributed by atoms with Crippen molar-refractivity contribution in [3.05, 3.63) is 33.8 Å². The molecule has 4 unspecified atom stereocenters. The van der Waals surface area contributed by atoms with Crippen LogP contribution in [-0.2, 0) is 0 Å². The Morgan fingerprint density at radius 2 is 2.00 bits per heavy atom. The van der Waals surface area contributed by atoms with Crippen molar-refractivity contribution >= 4 is 23.2 Å². The zero-order valence-corrected chi connectivity index (χ0v) is 14.0. The van der Waals surface area contributed by atoms with E-state index in [1.54, 1.807) is 0 Å². The second-order valence-electron chi connectivity index (χ2n) is 6.17. The summed E-state index contributed by atoms with van der Waals surface area (Å²) in [5.41, 5.74) is 7.15. The molecule has 1 aromatic rings. The predicted molar refractivity (Wildman–Crippen MR) is 87.4 cm³/mol. The summed E-state index contributed by atoms with van der Waals surface area (Å²) in [4.78, 5) is 2.51. The molecular weight excluding hydrogens is 291 g/mol. The largest absolute Gasteiger partial charge is 0.329 e. The highest BCUT2D eigenvalue weighted by Crippen LogP contribution is 2.36. The Morgan fingerprint density at radius 3 is 2.60 bits per heavy atom. The number of hydrogen-bond acceptors (Lipinski definition) is 2. The predicted octanol–water partition coefficient (Wildman–Crippen LogP) is 4.36. The molecule has 1 aliphatic heterocycles. The standard InChI is InChI=1S/C16H24Cl2N2/c1-10-6-11(2)12(3)20(9-10)16(8-19)14-5-4-13(17)7-15(14)18/h4-5,7,10-12,16H,6,8-9,19H2,1-3H3. The number of nitrogens with two attached hydrogens (primary N) is 1. The van der Waals surface area contributed by atoms with Crippen molar-refractivity contribution in [2.75, 3.05) is 13.1 Å². The first kappa shape index (κ1) is 16.1. The van der Waals surface area contributed by atoms with Crippen LogP contribution in [0.3, 0.4) is 0 Å². The highest BCUT2D eigenvalue weighted by Gasteiger charge is 2.34. The maximum Gasteiger partial charge on any atom is 0.0488 e. The van der Waals surface area contributed by atoms with E-state index in [0.717, 1.165) is 12.1 Å². The van der Waals surface area contributed by atoms with Gasteiger partial charge in [-0.05, 0) is 42.9 Å². The van der Waals surface area contributed by atoms with Crippen LogP contribution in [0, 0.1) is 11.8 Å². The Bertz CT molecular complexity index is 464. The van der Waals surface area contributed by atoms with E-state index in [1.165, 1.54) is 6.42 Å². The normalized spacial score (nSPS) is 29.4. The Morgan fingerprint density at radius 1 is 1.30 bits per heavy atom. The molecule has 2 nitrogen and oxygen atoms in total. The average molecular weight is 315 g/mol. The SMILES string of the molecule is CC1CC(C)C(C)N(C(CN)c2ccc(Cl)cc2Cl)C1. The number of benzene rings is 1. The maximum atomic E-state index is 6.38. The van der Waals surface area contributed by atoms with E-state index in [2.05, 4.69) is 25.7 Å². The van der Waals surface area contributed by atoms with Gasteiger partial charge in [-0.15, -0.1) is 0 Å². The van der Waals surface area contributed by atoms with Gasteiger partial charge >= 0.3 is 0 Å². The molecule has 0 aliphatic carbocycles. The summed E-state index contributed by atoms with van der Waals surface area (Å²) >= 11 is 12.4. The van der Waals surface area contributed by atoms with Gasteiger partial charge in [-0.2, -0.15) is 0 Å². The van der Waals surface area contributed by atoms with Crippen molar-refractivity contribution in [1.29, 1.82) is 0 Å². The molecule has 0 saturated carbocycles. The quantitative estimate of drug-likeness (QED) is 0.898. The number of hydrogen-bond donors (Lipinski definition) is 1. The summed E-state index contributed by atoms with van der Waals surface area (Å²) in [7, 11) is 0. The number of piperidine rings is 1. The molecule has 1 saturated heterocycles. The van der Waals surface area contributed by atoms with Gasteiger partial charge in [-0.25, -0.2) is 0 Å². The van der Waals surface area contributed by atoms with Gasteiger partial charge in [0.25, 0.3) is 0 Å². The first-order valence-corrected chi connectivity index (χ1v) is 8.10. The second kappa shape index (κ2) is 6.65. The molecule has 0 radical (unpaired) electrons. The number of likely N-dealkylation sites (tertiary alicyclic amines) is 1. The van der Waals surface area contributed by atoms with Crippen molar-refractivity contribution in [3.8, 4) is 0 Å². The molecule has 1 fully saturated rings. The lowest BCUT2D eigenvalue weighted by molar-refractivity contribution is 0.0425. The third-order valence-electron chi connectivity index (χ3n) is 4.59. The van der Waals surface area contributed by atoms with Gasteiger partial charge < -0.3 is 5.73 Å². The van der Waals surface area contributed by atoms with E-state index in [-0.39, 0.29) is 6.04 Å². The molecule has 112 valence electrons. The molecule has 0 bridgehead atoms. The van der Waals surface area contributed by atoms with Crippen molar-refractivity contribution in [2.24, 2.45) is 17.6 Å². The maximum absolute atomic E-state index is 6.38. The van der Waals surface area contributed by atoms with Gasteiger partial charge in [-0.1, -0.05) is 43.1 Å². The third-order valence-corrected chi connectivity index (χ3v) is 5.15. The summed E-state index contributed by atoms with van der Waals surface area (Å²) in [5, 5.41) is 1.38. The minimum atomic E-state index is 0.167. The van der Waals surface area contributed by atoms with E-state index < -0.39 is 0 Å². The fraction of sp³-hybridized carbons (Fsp3) is 0.625. The minimum absolute atomic E-state index is 0.167. The van der Waals surface area contributed by atoms with Gasteiger partial charge in [0.1, 0.15) is 0 Å². The number of rotatable bonds is 3. The lowest BCUT2D eigenvalue weighted by atomic mass is 9.84. The molecule has 2 rings (SSSR count). The summed E-state index contributed by atoms with van der Waals surface area (Å²) < 4.78 is 0. The molecular formula is C16H24Cl2N2. The van der Waals surface area contributed by atoms with Crippen molar-refractivity contribution in [3.63, 3.8) is 0 Å². The molecule has 0 aromatic heterocycles. The van der Waals surface area contributed by atoms with Crippen molar-refractivity contribution in [1.82, 2.24) is 4.90 Å². The molecule has 1 heterocycles. The molecule has 4 atom stereocenters. The monoisotopic (exact) mass is 314 g/mol. The topological polar surface area (TPSA) is 29.3 Å². The van der Waals surface area contributed by atoms with Gasteiger partial charge in [0.15, 0.2) is 0 Å². The van der Waals surface area contributed by atoms with E-state index in [4.69, 9.17) is 28.9 Å². The van der Waals surface area contributed by atoms with Gasteiger partial charge in [0.05, 0.1) is 0 Å². The highest BCUT2D eigenvalue weighted by atomic mass is 35.5. The summed E-state index contributed by atoms with van der Waals surface area (Å²) in [6.07, 6.45) is 1.28. The molecule has 4 heteroatoms. The first-order chi connectivity index (χ1) is 9.43. The van der Waals surface area contributed by atoms with Crippen molar-refractivity contribution in [2.45, 2.75) is 39.3 Å². The van der Waals surface area contributed by atoms with E-state index in [0.29, 0.717) is 34.5 Å². The Balaban J connectivity index is 2.31. The van der Waals surface area contributed by atoms with Crippen LogP contribution < -0.4 is 5.73 Å². The van der Waals surface area contributed by atoms with Crippen LogP contribution in [0.2, 0.25) is 10.0 Å². The summed E-state index contributed by atoms with van der Waals surface area (Å²) in [6, 6.07) is 6.40. The summed E-state index contributed by atoms with van der Waals surface area (Å²) in [6.45, 7) is 8.58. The molecule has 0 spiro atoms. The smallest absolute Gasteiger partial charge is 0.0488 e. The van der Waals surface area contributed by atoms with Crippen LogP contribution in [0.5, 0.6) is 0 Å². The van der Waals surface area contributed by atoms with Crippen LogP contribution >= 0.6 is 23.2 Å². The molecule has 1 aromatic carbocycles. The van der Waals surface area contributed by atoms with Crippen LogP contribution in [0.1, 0.15) is 38.8 Å². The third kappa shape index (κ3) is 3.30. The van der Waals surface area contributed by atoms with Gasteiger partial charge in [-0.3, -0.25) is 4.90 Å². The fourth-order valence-electron chi connectivity index (χ4n) is 3.38. The van der Waals surface area contributed by atoms with Crippen LogP contribution in [0.25, 0.3) is 0 Å². The summed E-state index contributed by atoms with van der Waals surface area (Å²) in [5.74, 6) is 1.38. The minimum Gasteiger partial charge on any atom is -0.329 e. The van der Waals surface area contributed by atoms with Gasteiger partial charge in [0.2, 0.25) is 0 Å². The average Bonchev–Trinajstić information content (AvgIpc) is 2.38. The van der Waals surface area contributed by atoms with E-state index >= 15 is 0 Å². The van der Waals surface area contributed by atoms with Gasteiger partial charge in [0, 0.05) is 35.2 Å². The fourth-order valence-corrected chi connectivity index (χ4v) is 3.92. The number of nitrogens with zero attached hydrogens (tertiary/aromatic N) is 1. The number of halogens is 2. The van der Waals surface area contributed by atoms with Crippen molar-refractivity contribution < 1.29 is 0 Å². The lowest BCUT2D eigenvalue weighted by Crippen LogP contribution is -2.49. The van der Waals surface area contributed by atoms with Crippen LogP contribution in [0.15, 0.2) is 18.2 Å². The molecule has 0 amide bonds. The van der Waals surface area contributed by atoms with Crippen LogP contribution in [0.4, 0.5) is 0 Å². The molecule has 2 N–H and O–H groups in total. The lowest BCUT2D eigenvalue weighted by Gasteiger charge is -2.45. The highest BCUT2D eigenvalue weighted by molar-refractivity contribution is 6.35. The molecule has 20 heavy (non-hydrogen) atoms. The van der Waals surface area contributed by atoms with Crippen LogP contribution in [-0.4, -0.2) is 24.0 Å². The zero-order valence-electron chi connectivity index (χ0n) is 12.4. The Labute approximate surface area is 132 Å². The second-order valence-corrected chi connectivity index (χ2v) is 7.02.